The van der Waals surface area contributed by atoms with Gasteiger partial charge in [-0.1, -0.05) is 6.07 Å². The third-order valence-electron chi connectivity index (χ3n) is 3.69. The number of amides is 1. The van der Waals surface area contributed by atoms with Crippen LogP contribution in [0, 0.1) is 15.9 Å². The largest absolute Gasteiger partial charge is 0.416 e. The van der Waals surface area contributed by atoms with Gasteiger partial charge in [0.1, 0.15) is 17.2 Å². The van der Waals surface area contributed by atoms with E-state index in [1.807, 2.05) is 0 Å². The Morgan fingerprint density at radius 2 is 1.89 bits per heavy atom. The molecule has 1 aromatic heterocycles. The molecule has 11 heteroatoms. The molecule has 1 amide bonds. The van der Waals surface area contributed by atoms with Gasteiger partial charge in [0.05, 0.1) is 10.5 Å². The molecule has 0 aliphatic rings. The molecule has 7 nitrogen and oxygen atoms in total. The minimum absolute atomic E-state index is 0.0443. The average molecular weight is 382 g/mol. The van der Waals surface area contributed by atoms with Crippen molar-refractivity contribution in [2.24, 2.45) is 0 Å². The number of anilines is 1. The maximum Gasteiger partial charge on any atom is 0.416 e. The minimum atomic E-state index is -4.75. The van der Waals surface area contributed by atoms with E-state index in [0.717, 1.165) is 6.07 Å². The Morgan fingerprint density at radius 3 is 2.52 bits per heavy atom. The van der Waals surface area contributed by atoms with Crippen LogP contribution >= 0.6 is 0 Å². The molecule has 0 radical (unpaired) electrons. The Labute approximate surface area is 148 Å². The first-order chi connectivity index (χ1) is 12.7. The zero-order valence-electron chi connectivity index (χ0n) is 13.2. The van der Waals surface area contributed by atoms with Crippen molar-refractivity contribution >= 4 is 28.2 Å². The number of nitro benzene ring substituents is 1. The molecular formula is C16H10F4N4O3. The smallest absolute Gasteiger partial charge is 0.350 e. The normalized spacial score (nSPS) is 11.4. The monoisotopic (exact) mass is 382 g/mol. The van der Waals surface area contributed by atoms with Gasteiger partial charge >= 0.3 is 6.18 Å². The molecule has 0 unspecified atom stereocenters. The maximum atomic E-state index is 13.7. The van der Waals surface area contributed by atoms with E-state index in [1.165, 1.54) is 18.2 Å². The average Bonchev–Trinajstić information content (AvgIpc) is 3.04. The summed E-state index contributed by atoms with van der Waals surface area (Å²) in [5.74, 6) is -1.34. The first kappa shape index (κ1) is 18.2. The molecular weight excluding hydrogens is 372 g/mol. The number of aromatic amines is 1. The Bertz CT molecular complexity index is 1050. The number of fused-ring (bicyclic) bond motifs is 1. The van der Waals surface area contributed by atoms with Crippen molar-refractivity contribution in [3.05, 3.63) is 69.7 Å². The molecule has 3 rings (SSSR count). The highest BCUT2D eigenvalue weighted by molar-refractivity contribution is 5.98. The van der Waals surface area contributed by atoms with Gasteiger partial charge in [-0.25, -0.2) is 4.39 Å². The minimum Gasteiger partial charge on any atom is -0.350 e. The van der Waals surface area contributed by atoms with Gasteiger partial charge in [-0.15, -0.1) is 0 Å². The highest BCUT2D eigenvalue weighted by Crippen LogP contribution is 2.34. The van der Waals surface area contributed by atoms with E-state index in [0.29, 0.717) is 17.6 Å². The van der Waals surface area contributed by atoms with Crippen LogP contribution in [-0.4, -0.2) is 15.8 Å². The van der Waals surface area contributed by atoms with Crippen LogP contribution in [0.1, 0.15) is 16.1 Å². The molecule has 3 aromatic rings. The fourth-order valence-electron chi connectivity index (χ4n) is 2.40. The SMILES string of the molecule is O=C(NNc1ccc(C(F)(F)F)cc1[N+](=O)[O-])c1cc2c(F)cccc2[nH]1. The molecule has 0 bridgehead atoms. The van der Waals surface area contributed by atoms with E-state index >= 15 is 0 Å². The molecule has 140 valence electrons. The predicted octanol–water partition coefficient (Wildman–Crippen LogP) is 3.99. The van der Waals surface area contributed by atoms with Crippen LogP contribution in [0.4, 0.5) is 28.9 Å². The first-order valence-corrected chi connectivity index (χ1v) is 7.36. The van der Waals surface area contributed by atoms with E-state index in [9.17, 15) is 32.5 Å². The second-order valence-corrected chi connectivity index (χ2v) is 5.45. The number of hydrogen-bond acceptors (Lipinski definition) is 4. The van der Waals surface area contributed by atoms with E-state index in [2.05, 4.69) is 15.8 Å². The molecule has 0 aliphatic carbocycles. The predicted molar refractivity (Wildman–Crippen MR) is 87.4 cm³/mol. The van der Waals surface area contributed by atoms with Gasteiger partial charge < -0.3 is 4.98 Å². The van der Waals surface area contributed by atoms with E-state index in [4.69, 9.17) is 0 Å². The van der Waals surface area contributed by atoms with Crippen LogP contribution < -0.4 is 10.9 Å². The summed E-state index contributed by atoms with van der Waals surface area (Å²) in [4.78, 5) is 24.8. The summed E-state index contributed by atoms with van der Waals surface area (Å²) in [5.41, 5.74) is 2.24. The van der Waals surface area contributed by atoms with Gasteiger partial charge in [-0.05, 0) is 30.3 Å². The van der Waals surface area contributed by atoms with Gasteiger partial charge in [-0.3, -0.25) is 25.8 Å². The highest BCUT2D eigenvalue weighted by atomic mass is 19.4. The summed E-state index contributed by atoms with van der Waals surface area (Å²) in [6.45, 7) is 0. The fraction of sp³-hybridized carbons (Fsp3) is 0.0625. The number of halogens is 4. The van der Waals surface area contributed by atoms with Gasteiger partial charge in [-0.2, -0.15) is 13.2 Å². The molecule has 0 spiro atoms. The highest BCUT2D eigenvalue weighted by Gasteiger charge is 2.33. The van der Waals surface area contributed by atoms with Crippen molar-refractivity contribution < 1.29 is 27.3 Å². The van der Waals surface area contributed by atoms with E-state index in [-0.39, 0.29) is 16.8 Å². The lowest BCUT2D eigenvalue weighted by Crippen LogP contribution is -2.30. The van der Waals surface area contributed by atoms with Gasteiger partial charge in [0.2, 0.25) is 0 Å². The Kier molecular flexibility index (Phi) is 4.44. The quantitative estimate of drug-likeness (QED) is 0.361. The number of alkyl halides is 3. The molecule has 3 N–H and O–H groups in total. The molecule has 27 heavy (non-hydrogen) atoms. The molecule has 0 saturated carbocycles. The number of nitrogens with zero attached hydrogens (tertiary/aromatic N) is 1. The van der Waals surface area contributed by atoms with Gasteiger partial charge in [0.25, 0.3) is 11.6 Å². The Hall–Kier alpha value is -3.63. The lowest BCUT2D eigenvalue weighted by atomic mass is 10.1. The number of carbonyl (C=O) groups is 1. The third kappa shape index (κ3) is 3.66. The number of carbonyl (C=O) groups excluding carboxylic acids is 1. The number of hydrogen-bond donors (Lipinski definition) is 3. The number of H-pyrrole nitrogens is 1. The van der Waals surface area contributed by atoms with Crippen LogP contribution in [0.15, 0.2) is 42.5 Å². The number of benzene rings is 2. The topological polar surface area (TPSA) is 100 Å². The maximum absolute atomic E-state index is 13.7. The zero-order chi connectivity index (χ0) is 19.8. The summed E-state index contributed by atoms with van der Waals surface area (Å²) in [5, 5.41) is 11.2. The van der Waals surface area contributed by atoms with Crippen LogP contribution in [0.2, 0.25) is 0 Å². The molecule has 0 aliphatic heterocycles. The molecule has 0 saturated heterocycles. The Morgan fingerprint density at radius 1 is 1.15 bits per heavy atom. The summed E-state index contributed by atoms with van der Waals surface area (Å²) >= 11 is 0. The van der Waals surface area contributed by atoms with Crippen molar-refractivity contribution in [2.45, 2.75) is 6.18 Å². The summed E-state index contributed by atoms with van der Waals surface area (Å²) < 4.78 is 51.7. The van der Waals surface area contributed by atoms with Crippen molar-refractivity contribution in [3.63, 3.8) is 0 Å². The van der Waals surface area contributed by atoms with Crippen molar-refractivity contribution in [1.29, 1.82) is 0 Å². The summed E-state index contributed by atoms with van der Waals surface area (Å²) in [7, 11) is 0. The van der Waals surface area contributed by atoms with Gasteiger partial charge in [0, 0.05) is 17.0 Å². The fourth-order valence-corrected chi connectivity index (χ4v) is 2.40. The molecule has 0 fully saturated rings. The van der Waals surface area contributed by atoms with Crippen LogP contribution in [0.5, 0.6) is 0 Å². The van der Waals surface area contributed by atoms with E-state index < -0.39 is 34.1 Å². The third-order valence-corrected chi connectivity index (χ3v) is 3.69. The van der Waals surface area contributed by atoms with Crippen LogP contribution in [0.3, 0.4) is 0 Å². The molecule has 2 aromatic carbocycles. The van der Waals surface area contributed by atoms with Crippen LogP contribution in [0.25, 0.3) is 10.9 Å². The van der Waals surface area contributed by atoms with Crippen molar-refractivity contribution in [3.8, 4) is 0 Å². The summed E-state index contributed by atoms with van der Waals surface area (Å²) in [6.07, 6.45) is -4.75. The number of nitro groups is 1. The second kappa shape index (κ2) is 6.59. The van der Waals surface area contributed by atoms with Crippen molar-refractivity contribution in [2.75, 3.05) is 5.43 Å². The number of nitrogens with one attached hydrogen (secondary N) is 3. The molecule has 1 heterocycles. The standard InChI is InChI=1S/C16H10F4N4O3/c17-10-2-1-3-11-9(10)7-13(21-11)15(25)23-22-12-5-4-8(16(18,19)20)6-14(12)24(26)27/h1-7,21-22H,(H,23,25). The number of aromatic nitrogens is 1. The second-order valence-electron chi connectivity index (χ2n) is 5.45. The van der Waals surface area contributed by atoms with E-state index in [1.54, 1.807) is 6.07 Å². The first-order valence-electron chi connectivity index (χ1n) is 7.36. The number of rotatable bonds is 4. The van der Waals surface area contributed by atoms with Crippen LogP contribution in [-0.2, 0) is 6.18 Å². The van der Waals surface area contributed by atoms with Crippen molar-refractivity contribution in [1.82, 2.24) is 10.4 Å². The zero-order valence-corrected chi connectivity index (χ0v) is 13.2. The Balaban J connectivity index is 1.82. The van der Waals surface area contributed by atoms with Gasteiger partial charge in [0.15, 0.2) is 0 Å². The lowest BCUT2D eigenvalue weighted by molar-refractivity contribution is -0.384. The molecule has 0 atom stereocenters. The lowest BCUT2D eigenvalue weighted by Gasteiger charge is -2.11. The number of hydrazine groups is 1. The summed E-state index contributed by atoms with van der Waals surface area (Å²) in [6, 6.07) is 7.26.